The summed E-state index contributed by atoms with van der Waals surface area (Å²) in [7, 11) is -3.41. The van der Waals surface area contributed by atoms with Crippen molar-refractivity contribution in [3.63, 3.8) is 0 Å². The molecule has 0 aliphatic rings. The van der Waals surface area contributed by atoms with Gasteiger partial charge in [-0.15, -0.1) is 0 Å². The van der Waals surface area contributed by atoms with Gasteiger partial charge in [-0.3, -0.25) is 4.79 Å². The molecule has 0 unspecified atom stereocenters. The average Bonchev–Trinajstić information content (AvgIpc) is 2.23. The molecule has 0 aromatic carbocycles. The van der Waals surface area contributed by atoms with Gasteiger partial charge >= 0.3 is 18.0 Å². The first-order valence-corrected chi connectivity index (χ1v) is 7.44. The van der Waals surface area contributed by atoms with Crippen LogP contribution in [0.3, 0.4) is 0 Å². The fraction of sp³-hybridized carbons (Fsp3) is 0.700. The van der Waals surface area contributed by atoms with Gasteiger partial charge in [0.15, 0.2) is 9.84 Å². The molecule has 10 heteroatoms. The zero-order valence-electron chi connectivity index (χ0n) is 11.3. The van der Waals surface area contributed by atoms with Gasteiger partial charge in [0.1, 0.15) is 6.04 Å². The van der Waals surface area contributed by atoms with Crippen molar-refractivity contribution in [2.75, 3.05) is 12.8 Å². The van der Waals surface area contributed by atoms with Gasteiger partial charge in [-0.1, -0.05) is 0 Å². The van der Waals surface area contributed by atoms with Crippen LogP contribution in [0.5, 0.6) is 0 Å². The van der Waals surface area contributed by atoms with Crippen LogP contribution in [-0.2, 0) is 19.4 Å². The predicted molar refractivity (Wildman–Crippen MR) is 69.1 cm³/mol. The summed E-state index contributed by atoms with van der Waals surface area (Å²) in [6.45, 7) is 2.56. The lowest BCUT2D eigenvalue weighted by Gasteiger charge is -2.23. The van der Waals surface area contributed by atoms with Crippen LogP contribution >= 0.6 is 0 Å². The molecule has 0 radical (unpaired) electrons. The first kappa shape index (κ1) is 18.2. The van der Waals surface area contributed by atoms with Crippen LogP contribution in [0, 0.1) is 0 Å². The molecule has 0 aliphatic carbocycles. The molecule has 116 valence electrons. The summed E-state index contributed by atoms with van der Waals surface area (Å²) < 4.78 is 21.6. The van der Waals surface area contributed by atoms with Crippen LogP contribution in [0.1, 0.15) is 20.3 Å². The van der Waals surface area contributed by atoms with Gasteiger partial charge in [-0.2, -0.15) is 0 Å². The lowest BCUT2D eigenvalue weighted by atomic mass is 10.2. The zero-order chi connectivity index (χ0) is 16.1. The highest BCUT2D eigenvalue weighted by Crippen LogP contribution is 2.13. The van der Waals surface area contributed by atoms with Gasteiger partial charge in [-0.25, -0.2) is 18.0 Å². The Balaban J connectivity index is 4.56. The molecule has 0 saturated carbocycles. The second-order valence-electron chi connectivity index (χ2n) is 4.85. The van der Waals surface area contributed by atoms with Crippen molar-refractivity contribution in [3.05, 3.63) is 0 Å². The molecule has 0 rings (SSSR count). The summed E-state index contributed by atoms with van der Waals surface area (Å²) in [6, 6.07) is -2.54. The molecule has 9 nitrogen and oxygen atoms in total. The van der Waals surface area contributed by atoms with Crippen molar-refractivity contribution in [1.82, 2.24) is 10.6 Å². The molecule has 0 fully saturated rings. The first-order chi connectivity index (χ1) is 8.86. The second kappa shape index (κ2) is 6.55. The van der Waals surface area contributed by atoms with Gasteiger partial charge in [0.25, 0.3) is 0 Å². The SMILES string of the molecule is CC(C)(CNC(=O)N[C@@H](CC(=O)O)C(=O)O)S(C)(=O)=O. The molecule has 0 aromatic heterocycles. The summed E-state index contributed by atoms with van der Waals surface area (Å²) in [5, 5.41) is 21.4. The molecule has 0 heterocycles. The van der Waals surface area contributed by atoms with Gasteiger partial charge in [0.2, 0.25) is 0 Å². The number of hydrogen-bond donors (Lipinski definition) is 4. The fourth-order valence-corrected chi connectivity index (χ4v) is 1.34. The highest BCUT2D eigenvalue weighted by molar-refractivity contribution is 7.92. The summed E-state index contributed by atoms with van der Waals surface area (Å²) >= 11 is 0. The minimum absolute atomic E-state index is 0.239. The minimum atomic E-state index is -3.41. The third-order valence-corrected chi connectivity index (χ3v) is 4.81. The number of rotatable bonds is 7. The van der Waals surface area contributed by atoms with Gasteiger partial charge < -0.3 is 20.8 Å². The first-order valence-electron chi connectivity index (χ1n) is 5.55. The van der Waals surface area contributed by atoms with Crippen LogP contribution in [0.2, 0.25) is 0 Å². The number of carboxylic acids is 2. The number of urea groups is 1. The van der Waals surface area contributed by atoms with E-state index in [0.29, 0.717) is 0 Å². The molecule has 1 atom stereocenters. The van der Waals surface area contributed by atoms with E-state index in [9.17, 15) is 22.8 Å². The van der Waals surface area contributed by atoms with Gasteiger partial charge in [-0.05, 0) is 13.8 Å². The quantitative estimate of drug-likeness (QED) is 0.472. The third-order valence-electron chi connectivity index (χ3n) is 2.66. The molecule has 0 spiro atoms. The number of hydrogen-bond acceptors (Lipinski definition) is 5. The minimum Gasteiger partial charge on any atom is -0.481 e. The normalized spacial score (nSPS) is 13.3. The van der Waals surface area contributed by atoms with E-state index in [-0.39, 0.29) is 6.54 Å². The highest BCUT2D eigenvalue weighted by atomic mass is 32.2. The summed E-state index contributed by atoms with van der Waals surface area (Å²) in [5.74, 6) is -2.88. The largest absolute Gasteiger partial charge is 0.481 e. The van der Waals surface area contributed by atoms with Crippen LogP contribution in [-0.4, -0.2) is 60.2 Å². The van der Waals surface area contributed by atoms with Crippen molar-refractivity contribution in [1.29, 1.82) is 0 Å². The van der Waals surface area contributed by atoms with E-state index in [1.807, 2.05) is 5.32 Å². The number of carboxylic acid groups (broad SMARTS) is 2. The van der Waals surface area contributed by atoms with Crippen LogP contribution in [0.4, 0.5) is 4.79 Å². The number of amides is 2. The maximum atomic E-state index is 11.4. The van der Waals surface area contributed by atoms with E-state index < -0.39 is 45.0 Å². The molecule has 0 bridgehead atoms. The van der Waals surface area contributed by atoms with Gasteiger partial charge in [0.05, 0.1) is 11.2 Å². The highest BCUT2D eigenvalue weighted by Gasteiger charge is 2.31. The van der Waals surface area contributed by atoms with Crippen LogP contribution in [0.25, 0.3) is 0 Å². The summed E-state index contributed by atoms with van der Waals surface area (Å²) in [5.41, 5.74) is 0. The maximum Gasteiger partial charge on any atom is 0.326 e. The van der Waals surface area contributed by atoms with E-state index in [1.165, 1.54) is 13.8 Å². The lowest BCUT2D eigenvalue weighted by Crippen LogP contribution is -2.51. The number of aliphatic carboxylic acids is 2. The van der Waals surface area contributed by atoms with E-state index >= 15 is 0 Å². The molecule has 20 heavy (non-hydrogen) atoms. The third kappa shape index (κ3) is 5.87. The molecule has 0 aromatic rings. The Bertz CT molecular complexity index is 498. The summed E-state index contributed by atoms with van der Waals surface area (Å²) in [6.07, 6.45) is 0.231. The lowest BCUT2D eigenvalue weighted by molar-refractivity contribution is -0.145. The standard InChI is InChI=1S/C10H18N2O7S/c1-10(2,20(3,18)19)5-11-9(17)12-6(8(15)16)4-7(13)14/h6H,4-5H2,1-3H3,(H,13,14)(H,15,16)(H2,11,12,17)/t6-/m0/s1. The second-order valence-corrected chi connectivity index (χ2v) is 7.50. The Kier molecular flexibility index (Phi) is 5.95. The maximum absolute atomic E-state index is 11.4. The fourth-order valence-electron chi connectivity index (χ4n) is 1.01. The number of sulfone groups is 1. The van der Waals surface area contributed by atoms with Crippen LogP contribution in [0.15, 0.2) is 0 Å². The topological polar surface area (TPSA) is 150 Å². The van der Waals surface area contributed by atoms with E-state index in [2.05, 4.69) is 5.32 Å². The van der Waals surface area contributed by atoms with E-state index in [0.717, 1.165) is 6.26 Å². The van der Waals surface area contributed by atoms with Crippen LogP contribution < -0.4 is 10.6 Å². The van der Waals surface area contributed by atoms with Crippen molar-refractivity contribution in [3.8, 4) is 0 Å². The Morgan fingerprint density at radius 3 is 2.05 bits per heavy atom. The zero-order valence-corrected chi connectivity index (χ0v) is 12.2. The van der Waals surface area contributed by atoms with E-state index in [1.54, 1.807) is 0 Å². The molecule has 2 amide bonds. The van der Waals surface area contributed by atoms with Crippen molar-refractivity contribution in [2.24, 2.45) is 0 Å². The molecular weight excluding hydrogens is 292 g/mol. The number of carbonyl (C=O) groups is 3. The Hall–Kier alpha value is -1.84. The predicted octanol–water partition coefficient (Wildman–Crippen LogP) is -0.963. The van der Waals surface area contributed by atoms with Gasteiger partial charge in [0, 0.05) is 12.8 Å². The Labute approximate surface area is 116 Å². The average molecular weight is 310 g/mol. The molecule has 0 aliphatic heterocycles. The Morgan fingerprint density at radius 2 is 1.70 bits per heavy atom. The number of carbonyl (C=O) groups excluding carboxylic acids is 1. The van der Waals surface area contributed by atoms with Crippen molar-refractivity contribution in [2.45, 2.75) is 31.1 Å². The monoisotopic (exact) mass is 310 g/mol. The smallest absolute Gasteiger partial charge is 0.326 e. The molecular formula is C10H18N2O7S. The Morgan fingerprint density at radius 1 is 1.20 bits per heavy atom. The summed E-state index contributed by atoms with van der Waals surface area (Å²) in [4.78, 5) is 32.6. The van der Waals surface area contributed by atoms with Crippen molar-refractivity contribution < 1.29 is 33.0 Å². The van der Waals surface area contributed by atoms with Crippen molar-refractivity contribution >= 4 is 27.8 Å². The number of nitrogens with one attached hydrogen (secondary N) is 2. The molecule has 4 N–H and O–H groups in total. The van der Waals surface area contributed by atoms with E-state index in [4.69, 9.17) is 10.2 Å². The molecule has 0 saturated heterocycles.